The van der Waals surface area contributed by atoms with E-state index in [9.17, 15) is 8.42 Å². The topological polar surface area (TPSA) is 46.2 Å². The van der Waals surface area contributed by atoms with Crippen molar-refractivity contribution < 1.29 is 8.42 Å². The van der Waals surface area contributed by atoms with Crippen LogP contribution in [-0.4, -0.2) is 26.6 Å². The SMILES string of the molecule is CCCNS(=O)(=O)CCCCl. The maximum atomic E-state index is 11.0. The summed E-state index contributed by atoms with van der Waals surface area (Å²) in [6, 6.07) is 0. The molecule has 11 heavy (non-hydrogen) atoms. The standard InChI is InChI=1S/C6H14ClNO2S/c1-2-5-8-11(9,10)6-3-4-7/h8H,2-6H2,1H3. The first-order valence-electron chi connectivity index (χ1n) is 3.65. The molecule has 0 unspecified atom stereocenters. The first-order valence-corrected chi connectivity index (χ1v) is 5.84. The third kappa shape index (κ3) is 6.59. The fraction of sp³-hybridized carbons (Fsp3) is 1.00. The lowest BCUT2D eigenvalue weighted by atomic mass is 10.5. The van der Waals surface area contributed by atoms with E-state index in [1.807, 2.05) is 6.92 Å². The van der Waals surface area contributed by atoms with Gasteiger partial charge in [-0.2, -0.15) is 0 Å². The van der Waals surface area contributed by atoms with Gasteiger partial charge in [-0.25, -0.2) is 13.1 Å². The van der Waals surface area contributed by atoms with Gasteiger partial charge in [0.1, 0.15) is 0 Å². The number of nitrogens with one attached hydrogen (secondary N) is 1. The lowest BCUT2D eigenvalue weighted by molar-refractivity contribution is 0.579. The average Bonchev–Trinajstić information content (AvgIpc) is 1.97. The summed E-state index contributed by atoms with van der Waals surface area (Å²) in [6.45, 7) is 2.44. The molecule has 0 amide bonds. The molecule has 0 aromatic carbocycles. The summed E-state index contributed by atoms with van der Waals surface area (Å²) in [6.07, 6.45) is 1.33. The smallest absolute Gasteiger partial charge is 0.211 e. The minimum absolute atomic E-state index is 0.135. The molecule has 68 valence electrons. The Hall–Kier alpha value is 0.200. The molecule has 0 aromatic heterocycles. The van der Waals surface area contributed by atoms with Crippen LogP contribution in [0.15, 0.2) is 0 Å². The van der Waals surface area contributed by atoms with Crippen molar-refractivity contribution in [2.45, 2.75) is 19.8 Å². The van der Waals surface area contributed by atoms with Crippen LogP contribution in [0.1, 0.15) is 19.8 Å². The van der Waals surface area contributed by atoms with Crippen LogP contribution in [0.3, 0.4) is 0 Å². The molecule has 0 atom stereocenters. The van der Waals surface area contributed by atoms with Crippen LogP contribution in [0.5, 0.6) is 0 Å². The predicted octanol–water partition coefficient (Wildman–Crippen LogP) is 0.945. The van der Waals surface area contributed by atoms with Gasteiger partial charge in [-0.1, -0.05) is 6.92 Å². The van der Waals surface area contributed by atoms with Gasteiger partial charge < -0.3 is 0 Å². The molecule has 0 aliphatic rings. The Kier molecular flexibility index (Phi) is 5.91. The fourth-order valence-electron chi connectivity index (χ4n) is 0.574. The van der Waals surface area contributed by atoms with Crippen LogP contribution in [-0.2, 0) is 10.0 Å². The zero-order valence-corrected chi connectivity index (χ0v) is 8.21. The zero-order chi connectivity index (χ0) is 8.74. The second-order valence-electron chi connectivity index (χ2n) is 2.26. The van der Waals surface area contributed by atoms with E-state index in [2.05, 4.69) is 4.72 Å². The molecule has 0 spiro atoms. The molecule has 0 rings (SSSR count). The number of sulfonamides is 1. The third-order valence-electron chi connectivity index (χ3n) is 1.12. The van der Waals surface area contributed by atoms with Crippen LogP contribution >= 0.6 is 11.6 Å². The minimum Gasteiger partial charge on any atom is -0.215 e. The molecule has 0 saturated carbocycles. The average molecular weight is 200 g/mol. The molecule has 0 radical (unpaired) electrons. The molecule has 0 heterocycles. The van der Waals surface area contributed by atoms with Gasteiger partial charge in [-0.15, -0.1) is 11.6 Å². The van der Waals surface area contributed by atoms with Crippen LogP contribution in [0.4, 0.5) is 0 Å². The van der Waals surface area contributed by atoms with Crippen LogP contribution in [0.2, 0.25) is 0 Å². The molecule has 5 heteroatoms. The lowest BCUT2D eigenvalue weighted by Gasteiger charge is -2.02. The molecule has 0 aliphatic carbocycles. The van der Waals surface area contributed by atoms with E-state index < -0.39 is 10.0 Å². The number of rotatable bonds is 6. The molecule has 0 aromatic rings. The molecular formula is C6H14ClNO2S. The van der Waals surface area contributed by atoms with Gasteiger partial charge >= 0.3 is 0 Å². The molecule has 0 fully saturated rings. The number of hydrogen-bond acceptors (Lipinski definition) is 2. The van der Waals surface area contributed by atoms with E-state index in [-0.39, 0.29) is 5.75 Å². The van der Waals surface area contributed by atoms with Crippen molar-refractivity contribution in [3.63, 3.8) is 0 Å². The van der Waals surface area contributed by atoms with Crippen molar-refractivity contribution >= 4 is 21.6 Å². The van der Waals surface area contributed by atoms with Crippen molar-refractivity contribution in [3.8, 4) is 0 Å². The van der Waals surface area contributed by atoms with Gasteiger partial charge in [0.05, 0.1) is 5.75 Å². The van der Waals surface area contributed by atoms with Gasteiger partial charge in [-0.05, 0) is 12.8 Å². The first kappa shape index (κ1) is 11.2. The maximum absolute atomic E-state index is 11.0. The Morgan fingerprint density at radius 1 is 1.45 bits per heavy atom. The van der Waals surface area contributed by atoms with Gasteiger partial charge in [0.15, 0.2) is 0 Å². The summed E-state index contributed by atoms with van der Waals surface area (Å²) in [5.41, 5.74) is 0. The monoisotopic (exact) mass is 199 g/mol. The highest BCUT2D eigenvalue weighted by Crippen LogP contribution is 1.91. The normalized spacial score (nSPS) is 11.8. The molecule has 1 N–H and O–H groups in total. The first-order chi connectivity index (χ1) is 5.12. The van der Waals surface area contributed by atoms with E-state index in [1.165, 1.54) is 0 Å². The highest BCUT2D eigenvalue weighted by Gasteiger charge is 2.06. The highest BCUT2D eigenvalue weighted by atomic mass is 35.5. The Morgan fingerprint density at radius 3 is 2.55 bits per heavy atom. The van der Waals surface area contributed by atoms with Gasteiger partial charge in [0.25, 0.3) is 0 Å². The van der Waals surface area contributed by atoms with Gasteiger partial charge in [-0.3, -0.25) is 0 Å². The largest absolute Gasteiger partial charge is 0.215 e. The van der Waals surface area contributed by atoms with Crippen molar-refractivity contribution in [1.29, 1.82) is 0 Å². The summed E-state index contributed by atoms with van der Waals surface area (Å²) >= 11 is 5.35. The Bertz CT molecular complexity index is 165. The predicted molar refractivity (Wildman–Crippen MR) is 47.4 cm³/mol. The Balaban J connectivity index is 3.63. The van der Waals surface area contributed by atoms with E-state index in [0.29, 0.717) is 18.8 Å². The second kappa shape index (κ2) is 5.80. The van der Waals surface area contributed by atoms with Gasteiger partial charge in [0.2, 0.25) is 10.0 Å². The van der Waals surface area contributed by atoms with Crippen molar-refractivity contribution in [3.05, 3.63) is 0 Å². The summed E-state index contributed by atoms with van der Waals surface area (Å²) < 4.78 is 24.4. The lowest BCUT2D eigenvalue weighted by Crippen LogP contribution is -2.27. The van der Waals surface area contributed by atoms with E-state index in [0.717, 1.165) is 6.42 Å². The number of alkyl halides is 1. The Labute approximate surface area is 73.2 Å². The summed E-state index contributed by atoms with van der Waals surface area (Å²) in [7, 11) is -3.04. The molecular weight excluding hydrogens is 186 g/mol. The van der Waals surface area contributed by atoms with Gasteiger partial charge in [0, 0.05) is 12.4 Å². The summed E-state index contributed by atoms with van der Waals surface area (Å²) in [4.78, 5) is 0. The van der Waals surface area contributed by atoms with Crippen molar-refractivity contribution in [2.75, 3.05) is 18.2 Å². The van der Waals surface area contributed by atoms with Crippen LogP contribution in [0, 0.1) is 0 Å². The van der Waals surface area contributed by atoms with E-state index in [1.54, 1.807) is 0 Å². The second-order valence-corrected chi connectivity index (χ2v) is 4.56. The Morgan fingerprint density at radius 2 is 2.09 bits per heavy atom. The van der Waals surface area contributed by atoms with Crippen molar-refractivity contribution in [2.24, 2.45) is 0 Å². The zero-order valence-electron chi connectivity index (χ0n) is 6.64. The maximum Gasteiger partial charge on any atom is 0.211 e. The van der Waals surface area contributed by atoms with Crippen LogP contribution in [0.25, 0.3) is 0 Å². The number of halogens is 1. The van der Waals surface area contributed by atoms with Crippen molar-refractivity contribution in [1.82, 2.24) is 4.72 Å². The summed E-state index contributed by atoms with van der Waals surface area (Å²) in [5, 5.41) is 0. The third-order valence-corrected chi connectivity index (χ3v) is 2.86. The number of hydrogen-bond donors (Lipinski definition) is 1. The fourth-order valence-corrected chi connectivity index (χ4v) is 2.05. The molecule has 0 saturated heterocycles. The van der Waals surface area contributed by atoms with E-state index in [4.69, 9.17) is 11.6 Å². The summed E-state index contributed by atoms with van der Waals surface area (Å²) in [5.74, 6) is 0.531. The molecule has 3 nitrogen and oxygen atoms in total. The minimum atomic E-state index is -3.04. The van der Waals surface area contributed by atoms with E-state index >= 15 is 0 Å². The quantitative estimate of drug-likeness (QED) is 0.648. The van der Waals surface area contributed by atoms with Crippen LogP contribution < -0.4 is 4.72 Å². The molecule has 0 bridgehead atoms. The molecule has 0 aliphatic heterocycles. The highest BCUT2D eigenvalue weighted by molar-refractivity contribution is 7.89.